The fourth-order valence-corrected chi connectivity index (χ4v) is 7.47. The Morgan fingerprint density at radius 1 is 0.848 bits per heavy atom. The molecule has 2 atom stereocenters. The zero-order chi connectivity index (χ0) is 33.3. The van der Waals surface area contributed by atoms with Crippen molar-refractivity contribution in [3.05, 3.63) is 93.5 Å². The Morgan fingerprint density at radius 3 is 1.83 bits per heavy atom. The SMILES string of the molecule is CCOc1ccc(S(C)(=O)=O)cc1C1(C(=O)N2CCN(CCS(C)(=O)=O)CC2)NC(c2ccc(Cl)cc2)C(c2ccc(Cl)cc2)N1. The summed E-state index contributed by atoms with van der Waals surface area (Å²) in [5, 5.41) is 8.34. The van der Waals surface area contributed by atoms with Gasteiger partial charge in [-0.3, -0.25) is 20.3 Å². The Morgan fingerprint density at radius 2 is 1.37 bits per heavy atom. The number of hydrogen-bond donors (Lipinski definition) is 2. The van der Waals surface area contributed by atoms with E-state index in [9.17, 15) is 21.6 Å². The summed E-state index contributed by atoms with van der Waals surface area (Å²) in [4.78, 5) is 18.8. The van der Waals surface area contributed by atoms with Crippen LogP contribution in [0.4, 0.5) is 0 Å². The molecule has 2 fully saturated rings. The first-order valence-electron chi connectivity index (χ1n) is 14.9. The largest absolute Gasteiger partial charge is 0.493 e. The Balaban J connectivity index is 1.63. The van der Waals surface area contributed by atoms with Gasteiger partial charge in [0.15, 0.2) is 15.5 Å². The first kappa shape index (κ1) is 34.6. The van der Waals surface area contributed by atoms with Crippen LogP contribution >= 0.6 is 23.2 Å². The van der Waals surface area contributed by atoms with Gasteiger partial charge in [0.05, 0.1) is 29.3 Å². The number of ether oxygens (including phenoxy) is 1. The van der Waals surface area contributed by atoms with E-state index < -0.39 is 37.4 Å². The van der Waals surface area contributed by atoms with Gasteiger partial charge >= 0.3 is 0 Å². The summed E-state index contributed by atoms with van der Waals surface area (Å²) in [5.41, 5.74) is 0.440. The number of benzene rings is 3. The second-order valence-corrected chi connectivity index (χ2v) is 16.9. The highest BCUT2D eigenvalue weighted by atomic mass is 35.5. The van der Waals surface area contributed by atoms with E-state index in [4.69, 9.17) is 27.9 Å². The summed E-state index contributed by atoms with van der Waals surface area (Å²) in [7, 11) is -6.78. The lowest BCUT2D eigenvalue weighted by Gasteiger charge is -2.40. The maximum Gasteiger partial charge on any atom is 0.262 e. The first-order valence-corrected chi connectivity index (χ1v) is 19.6. The molecule has 10 nitrogen and oxygen atoms in total. The standard InChI is InChI=1S/C32H38Cl2N4O6S2/c1-4-44-28-14-13-26(46(3,42)43)21-27(28)32(31(39)38-17-15-37(16-18-38)19-20-45(2,40)41)35-29(22-5-9-24(33)10-6-22)30(36-32)23-7-11-25(34)12-8-23/h5-14,21,29-30,35-36H,4,15-20H2,1-3H3. The quantitative estimate of drug-likeness (QED) is 0.324. The first-order chi connectivity index (χ1) is 21.7. The van der Waals surface area contributed by atoms with E-state index in [0.717, 1.165) is 17.4 Å². The molecule has 0 aromatic heterocycles. The van der Waals surface area contributed by atoms with Crippen LogP contribution in [0, 0.1) is 0 Å². The summed E-state index contributed by atoms with van der Waals surface area (Å²) in [6.07, 6.45) is 2.34. The number of carbonyl (C=O) groups excluding carboxylic acids is 1. The lowest BCUT2D eigenvalue weighted by Crippen LogP contribution is -2.62. The van der Waals surface area contributed by atoms with Crippen molar-refractivity contribution >= 4 is 48.8 Å². The average molecular weight is 710 g/mol. The molecular weight excluding hydrogens is 671 g/mol. The Bertz CT molecular complexity index is 1730. The van der Waals surface area contributed by atoms with Gasteiger partial charge in [-0.05, 0) is 60.5 Å². The summed E-state index contributed by atoms with van der Waals surface area (Å²) in [5.74, 6) is 0.0918. The predicted octanol–water partition coefficient (Wildman–Crippen LogP) is 3.81. The Hall–Kier alpha value is -2.71. The smallest absolute Gasteiger partial charge is 0.262 e. The molecule has 14 heteroatoms. The van der Waals surface area contributed by atoms with Crippen molar-refractivity contribution in [3.8, 4) is 5.75 Å². The van der Waals surface area contributed by atoms with Crippen LogP contribution in [0.1, 0.15) is 35.7 Å². The lowest BCUT2D eigenvalue weighted by molar-refractivity contribution is -0.141. The molecule has 2 heterocycles. The van der Waals surface area contributed by atoms with Crippen molar-refractivity contribution in [2.75, 3.05) is 57.6 Å². The molecule has 0 aliphatic carbocycles. The lowest BCUT2D eigenvalue weighted by atomic mass is 9.95. The average Bonchev–Trinajstić information content (AvgIpc) is 3.42. The molecule has 1 amide bonds. The minimum atomic E-state index is -3.65. The molecule has 2 saturated heterocycles. The van der Waals surface area contributed by atoms with Crippen molar-refractivity contribution < 1.29 is 26.4 Å². The van der Waals surface area contributed by atoms with Crippen LogP contribution in [-0.4, -0.2) is 90.1 Å². The summed E-state index contributed by atoms with van der Waals surface area (Å²) < 4.78 is 55.1. The molecule has 2 unspecified atom stereocenters. The minimum absolute atomic E-state index is 0.0372. The van der Waals surface area contributed by atoms with Crippen molar-refractivity contribution in [2.45, 2.75) is 29.6 Å². The highest BCUT2D eigenvalue weighted by molar-refractivity contribution is 7.91. The van der Waals surface area contributed by atoms with Gasteiger partial charge in [0.25, 0.3) is 5.91 Å². The molecular formula is C32H38Cl2N4O6S2. The van der Waals surface area contributed by atoms with Crippen LogP contribution in [0.2, 0.25) is 10.0 Å². The van der Waals surface area contributed by atoms with E-state index in [0.29, 0.717) is 54.1 Å². The molecule has 248 valence electrons. The third kappa shape index (κ3) is 7.70. The van der Waals surface area contributed by atoms with Crippen molar-refractivity contribution in [1.82, 2.24) is 20.4 Å². The molecule has 3 aromatic carbocycles. The van der Waals surface area contributed by atoms with Gasteiger partial charge in [0, 0.05) is 60.8 Å². The van der Waals surface area contributed by atoms with Crippen molar-refractivity contribution in [2.24, 2.45) is 0 Å². The van der Waals surface area contributed by atoms with Gasteiger partial charge in [0.2, 0.25) is 0 Å². The molecule has 2 N–H and O–H groups in total. The van der Waals surface area contributed by atoms with E-state index in [-0.39, 0.29) is 23.2 Å². The highest BCUT2D eigenvalue weighted by Crippen LogP contribution is 2.45. The molecule has 3 aromatic rings. The van der Waals surface area contributed by atoms with Crippen LogP contribution in [0.15, 0.2) is 71.6 Å². The molecule has 5 rings (SSSR count). The molecule has 0 saturated carbocycles. The van der Waals surface area contributed by atoms with E-state index in [1.165, 1.54) is 18.4 Å². The maximum atomic E-state index is 15.0. The molecule has 46 heavy (non-hydrogen) atoms. The number of amides is 1. The third-order valence-corrected chi connectivity index (χ3v) is 10.9. The number of rotatable bonds is 10. The second-order valence-electron chi connectivity index (χ2n) is 11.7. The van der Waals surface area contributed by atoms with E-state index in [2.05, 4.69) is 10.6 Å². The van der Waals surface area contributed by atoms with Gasteiger partial charge in [-0.15, -0.1) is 0 Å². The van der Waals surface area contributed by atoms with Gasteiger partial charge in [-0.2, -0.15) is 0 Å². The number of nitrogens with one attached hydrogen (secondary N) is 2. The molecule has 0 spiro atoms. The van der Waals surface area contributed by atoms with Crippen LogP contribution in [0.5, 0.6) is 5.75 Å². The number of nitrogens with zero attached hydrogens (tertiary/aromatic N) is 2. The molecule has 2 aliphatic heterocycles. The van der Waals surface area contributed by atoms with E-state index >= 15 is 0 Å². The van der Waals surface area contributed by atoms with Crippen molar-refractivity contribution in [3.63, 3.8) is 0 Å². The molecule has 2 aliphatic rings. The minimum Gasteiger partial charge on any atom is -0.493 e. The summed E-state index contributed by atoms with van der Waals surface area (Å²) >= 11 is 12.5. The predicted molar refractivity (Wildman–Crippen MR) is 180 cm³/mol. The van der Waals surface area contributed by atoms with Gasteiger partial charge in [-0.1, -0.05) is 47.5 Å². The molecule has 0 radical (unpaired) electrons. The van der Waals surface area contributed by atoms with Crippen LogP contribution in [-0.2, 0) is 30.1 Å². The Kier molecular flexibility index (Phi) is 10.4. The van der Waals surface area contributed by atoms with Crippen molar-refractivity contribution in [1.29, 1.82) is 0 Å². The molecule has 0 bridgehead atoms. The van der Waals surface area contributed by atoms with E-state index in [1.807, 2.05) is 36.1 Å². The second kappa shape index (κ2) is 13.8. The van der Waals surface area contributed by atoms with Crippen LogP contribution in [0.25, 0.3) is 0 Å². The number of piperazine rings is 1. The van der Waals surface area contributed by atoms with Gasteiger partial charge in [-0.25, -0.2) is 16.8 Å². The monoisotopic (exact) mass is 708 g/mol. The zero-order valence-corrected chi connectivity index (χ0v) is 29.0. The van der Waals surface area contributed by atoms with Crippen LogP contribution < -0.4 is 15.4 Å². The maximum absolute atomic E-state index is 15.0. The van der Waals surface area contributed by atoms with Gasteiger partial charge < -0.3 is 9.64 Å². The highest BCUT2D eigenvalue weighted by Gasteiger charge is 2.54. The van der Waals surface area contributed by atoms with E-state index in [1.54, 1.807) is 35.2 Å². The fourth-order valence-electron chi connectivity index (χ4n) is 5.98. The number of hydrogen-bond acceptors (Lipinski definition) is 9. The topological polar surface area (TPSA) is 125 Å². The van der Waals surface area contributed by atoms with Crippen LogP contribution in [0.3, 0.4) is 0 Å². The number of carbonyl (C=O) groups is 1. The zero-order valence-electron chi connectivity index (χ0n) is 25.9. The third-order valence-electron chi connectivity index (χ3n) is 8.38. The summed E-state index contributed by atoms with van der Waals surface area (Å²) in [6.45, 7) is 4.16. The summed E-state index contributed by atoms with van der Waals surface area (Å²) in [6, 6.07) is 18.3. The fraction of sp³-hybridized carbons (Fsp3) is 0.406. The Labute approximate surface area is 280 Å². The number of halogens is 2. The van der Waals surface area contributed by atoms with Gasteiger partial charge in [0.1, 0.15) is 15.6 Å². The normalized spacial score (nSPS) is 22.6. The number of sulfone groups is 2.